The molecule has 1 N–H and O–H groups in total. The lowest BCUT2D eigenvalue weighted by atomic mass is 9.96. The van der Waals surface area contributed by atoms with Crippen molar-refractivity contribution >= 4 is 0 Å². The molecule has 2 nitrogen and oxygen atoms in total. The van der Waals surface area contributed by atoms with Crippen LogP contribution in [0.15, 0.2) is 0 Å². The van der Waals surface area contributed by atoms with Crippen molar-refractivity contribution in [1.29, 1.82) is 0 Å². The predicted molar refractivity (Wildman–Crippen MR) is 51.2 cm³/mol. The molecule has 0 aliphatic rings. The van der Waals surface area contributed by atoms with Gasteiger partial charge in [0.15, 0.2) is 0 Å². The monoisotopic (exact) mass is 174 g/mol. The van der Waals surface area contributed by atoms with Gasteiger partial charge in [0.05, 0.1) is 12.2 Å². The Morgan fingerprint density at radius 3 is 2.08 bits per heavy atom. The van der Waals surface area contributed by atoms with Crippen LogP contribution in [0.25, 0.3) is 0 Å². The van der Waals surface area contributed by atoms with E-state index in [-0.39, 0.29) is 12.2 Å². The van der Waals surface area contributed by atoms with E-state index in [2.05, 4.69) is 13.8 Å². The third-order valence-electron chi connectivity index (χ3n) is 2.39. The Morgan fingerprint density at radius 1 is 1.17 bits per heavy atom. The van der Waals surface area contributed by atoms with Crippen LogP contribution >= 0.6 is 0 Å². The van der Waals surface area contributed by atoms with Crippen molar-refractivity contribution in [2.45, 2.75) is 52.7 Å². The van der Waals surface area contributed by atoms with Gasteiger partial charge in [0, 0.05) is 6.61 Å². The average molecular weight is 174 g/mol. The maximum Gasteiger partial charge on any atom is 0.0833 e. The first-order valence-electron chi connectivity index (χ1n) is 4.96. The summed E-state index contributed by atoms with van der Waals surface area (Å²) >= 11 is 0. The van der Waals surface area contributed by atoms with E-state index >= 15 is 0 Å². The number of aliphatic hydroxyl groups is 1. The number of hydrogen-bond donors (Lipinski definition) is 1. The van der Waals surface area contributed by atoms with Gasteiger partial charge in [0.2, 0.25) is 0 Å². The summed E-state index contributed by atoms with van der Waals surface area (Å²) in [7, 11) is 0. The zero-order valence-electron chi connectivity index (χ0n) is 8.71. The first kappa shape index (κ1) is 11.9. The van der Waals surface area contributed by atoms with Crippen LogP contribution in [0, 0.1) is 5.92 Å². The van der Waals surface area contributed by atoms with Gasteiger partial charge in [-0.05, 0) is 19.3 Å². The van der Waals surface area contributed by atoms with Gasteiger partial charge in [-0.2, -0.15) is 0 Å². The minimum absolute atomic E-state index is 0.0185. The standard InChI is InChI=1S/C10H22O2/c1-5-8(4)10(11)9(6-2)12-7-3/h8-11H,5-7H2,1-4H3. The normalized spacial score (nSPS) is 18.8. The molecule has 3 unspecified atom stereocenters. The Kier molecular flexibility index (Phi) is 6.39. The van der Waals surface area contributed by atoms with Crippen LogP contribution < -0.4 is 0 Å². The summed E-state index contributed by atoms with van der Waals surface area (Å²) in [6.45, 7) is 8.85. The van der Waals surface area contributed by atoms with Gasteiger partial charge >= 0.3 is 0 Å². The summed E-state index contributed by atoms with van der Waals surface area (Å²) in [5.41, 5.74) is 0. The van der Waals surface area contributed by atoms with Crippen LogP contribution in [0.3, 0.4) is 0 Å². The second-order valence-corrected chi connectivity index (χ2v) is 3.28. The topological polar surface area (TPSA) is 29.5 Å². The van der Waals surface area contributed by atoms with E-state index in [0.717, 1.165) is 12.8 Å². The highest BCUT2D eigenvalue weighted by Gasteiger charge is 2.22. The highest BCUT2D eigenvalue weighted by molar-refractivity contribution is 4.72. The number of rotatable bonds is 6. The van der Waals surface area contributed by atoms with Gasteiger partial charge in [-0.25, -0.2) is 0 Å². The molecule has 0 rings (SSSR count). The molecule has 0 aromatic rings. The van der Waals surface area contributed by atoms with Crippen LogP contribution in [0.2, 0.25) is 0 Å². The summed E-state index contributed by atoms with van der Waals surface area (Å²) in [5.74, 6) is 0.335. The Labute approximate surface area is 75.9 Å². The summed E-state index contributed by atoms with van der Waals surface area (Å²) in [5, 5.41) is 9.78. The summed E-state index contributed by atoms with van der Waals surface area (Å²) in [4.78, 5) is 0. The van der Waals surface area contributed by atoms with Crippen LogP contribution in [0.4, 0.5) is 0 Å². The van der Waals surface area contributed by atoms with E-state index in [1.54, 1.807) is 0 Å². The van der Waals surface area contributed by atoms with Gasteiger partial charge < -0.3 is 9.84 Å². The number of hydrogen-bond acceptors (Lipinski definition) is 2. The third kappa shape index (κ3) is 3.55. The minimum Gasteiger partial charge on any atom is -0.390 e. The SMILES string of the molecule is CCOC(CC)C(O)C(C)CC. The van der Waals surface area contributed by atoms with E-state index in [4.69, 9.17) is 4.74 Å². The van der Waals surface area contributed by atoms with Crippen molar-refractivity contribution in [1.82, 2.24) is 0 Å². The fraction of sp³-hybridized carbons (Fsp3) is 1.00. The molecule has 0 radical (unpaired) electrons. The summed E-state index contributed by atoms with van der Waals surface area (Å²) in [6.07, 6.45) is 1.61. The highest BCUT2D eigenvalue weighted by Crippen LogP contribution is 2.15. The Morgan fingerprint density at radius 2 is 1.75 bits per heavy atom. The van der Waals surface area contributed by atoms with Crippen molar-refractivity contribution < 1.29 is 9.84 Å². The van der Waals surface area contributed by atoms with Gasteiger partial charge in [0.1, 0.15) is 0 Å². The second-order valence-electron chi connectivity index (χ2n) is 3.28. The molecular formula is C10H22O2. The molecule has 0 aliphatic carbocycles. The molecule has 3 atom stereocenters. The molecule has 2 heteroatoms. The van der Waals surface area contributed by atoms with Gasteiger partial charge in [-0.15, -0.1) is 0 Å². The minimum atomic E-state index is -0.306. The van der Waals surface area contributed by atoms with Crippen molar-refractivity contribution in [2.24, 2.45) is 5.92 Å². The quantitative estimate of drug-likeness (QED) is 0.669. The predicted octanol–water partition coefficient (Wildman–Crippen LogP) is 2.21. The lowest BCUT2D eigenvalue weighted by molar-refractivity contribution is -0.0569. The molecule has 0 saturated carbocycles. The van der Waals surface area contributed by atoms with Crippen LogP contribution in [0.5, 0.6) is 0 Å². The first-order chi connectivity index (χ1) is 5.67. The Balaban J connectivity index is 3.91. The molecule has 0 heterocycles. The maximum absolute atomic E-state index is 9.78. The van der Waals surface area contributed by atoms with Crippen LogP contribution in [0.1, 0.15) is 40.5 Å². The molecule has 0 aromatic heterocycles. The van der Waals surface area contributed by atoms with Crippen molar-refractivity contribution in [3.8, 4) is 0 Å². The number of ether oxygens (including phenoxy) is 1. The maximum atomic E-state index is 9.78. The highest BCUT2D eigenvalue weighted by atomic mass is 16.5. The fourth-order valence-corrected chi connectivity index (χ4v) is 1.28. The van der Waals surface area contributed by atoms with Gasteiger partial charge in [0.25, 0.3) is 0 Å². The van der Waals surface area contributed by atoms with Crippen molar-refractivity contribution in [2.75, 3.05) is 6.61 Å². The molecule has 74 valence electrons. The average Bonchev–Trinajstić information content (AvgIpc) is 2.11. The van der Waals surface area contributed by atoms with Crippen molar-refractivity contribution in [3.63, 3.8) is 0 Å². The molecule has 0 saturated heterocycles. The second kappa shape index (κ2) is 6.44. The molecule has 0 spiro atoms. The molecule has 0 aromatic carbocycles. The van der Waals surface area contributed by atoms with E-state index in [0.29, 0.717) is 12.5 Å². The molecule has 0 bridgehead atoms. The van der Waals surface area contributed by atoms with Gasteiger partial charge in [-0.3, -0.25) is 0 Å². The summed E-state index contributed by atoms with van der Waals surface area (Å²) in [6, 6.07) is 0. The van der Waals surface area contributed by atoms with E-state index < -0.39 is 0 Å². The van der Waals surface area contributed by atoms with Crippen LogP contribution in [-0.2, 0) is 4.74 Å². The molecule has 0 fully saturated rings. The largest absolute Gasteiger partial charge is 0.390 e. The van der Waals surface area contributed by atoms with Gasteiger partial charge in [-0.1, -0.05) is 27.2 Å². The Bertz CT molecular complexity index is 104. The smallest absolute Gasteiger partial charge is 0.0833 e. The molecular weight excluding hydrogens is 152 g/mol. The Hall–Kier alpha value is -0.0800. The third-order valence-corrected chi connectivity index (χ3v) is 2.39. The zero-order valence-corrected chi connectivity index (χ0v) is 8.71. The lowest BCUT2D eigenvalue weighted by Crippen LogP contribution is -2.33. The fourth-order valence-electron chi connectivity index (χ4n) is 1.28. The number of aliphatic hydroxyl groups excluding tert-OH is 1. The van der Waals surface area contributed by atoms with Crippen LogP contribution in [-0.4, -0.2) is 23.9 Å². The first-order valence-corrected chi connectivity index (χ1v) is 4.96. The summed E-state index contributed by atoms with van der Waals surface area (Å²) < 4.78 is 5.43. The zero-order chi connectivity index (χ0) is 9.56. The van der Waals surface area contributed by atoms with E-state index in [1.807, 2.05) is 13.8 Å². The van der Waals surface area contributed by atoms with E-state index in [1.165, 1.54) is 0 Å². The molecule has 12 heavy (non-hydrogen) atoms. The van der Waals surface area contributed by atoms with Crippen molar-refractivity contribution in [3.05, 3.63) is 0 Å². The van der Waals surface area contributed by atoms with E-state index in [9.17, 15) is 5.11 Å². The molecule has 0 amide bonds. The molecule has 0 aliphatic heterocycles. The lowest BCUT2D eigenvalue weighted by Gasteiger charge is -2.25.